The molecule has 1 aliphatic rings. The van der Waals surface area contributed by atoms with Gasteiger partial charge in [0.2, 0.25) is 5.91 Å². The van der Waals surface area contributed by atoms with Crippen LogP contribution < -0.4 is 15.5 Å². The van der Waals surface area contributed by atoms with E-state index in [0.29, 0.717) is 32.0 Å². The molecule has 1 saturated heterocycles. The third kappa shape index (κ3) is 5.84. The van der Waals surface area contributed by atoms with Crippen LogP contribution in [0, 0.1) is 6.92 Å². The number of rotatable bonds is 6. The Hall–Kier alpha value is -2.95. The number of amides is 1. The molecule has 0 bridgehead atoms. The topological polar surface area (TPSA) is 87.4 Å². The van der Waals surface area contributed by atoms with Crippen LogP contribution in [0.3, 0.4) is 0 Å². The van der Waals surface area contributed by atoms with Gasteiger partial charge in [0.05, 0.1) is 19.1 Å². The maximum atomic E-state index is 12.6. The summed E-state index contributed by atoms with van der Waals surface area (Å²) in [5, 5.41) is 15.1. The lowest BCUT2D eigenvalue weighted by molar-refractivity contribution is -0.117. The predicted molar refractivity (Wildman–Crippen MR) is 136 cm³/mol. The molecule has 1 aromatic heterocycles. The van der Waals surface area contributed by atoms with Gasteiger partial charge in [-0.25, -0.2) is 4.99 Å². The van der Waals surface area contributed by atoms with Crippen LogP contribution in [0.15, 0.2) is 65.7 Å². The number of hydrogen-bond donors (Lipinski definition) is 2. The van der Waals surface area contributed by atoms with E-state index in [1.54, 1.807) is 0 Å². The zero-order valence-electron chi connectivity index (χ0n) is 18.2. The average molecular weight is 545 g/mol. The summed E-state index contributed by atoms with van der Waals surface area (Å²) in [4.78, 5) is 19.1. The minimum atomic E-state index is -0.0315. The summed E-state index contributed by atoms with van der Waals surface area (Å²) in [5.41, 5.74) is 2.04. The quantitative estimate of drug-likeness (QED) is 0.283. The Labute approximate surface area is 205 Å². The Balaban J connectivity index is 0.00000289. The zero-order chi connectivity index (χ0) is 21.6. The number of aromatic nitrogens is 3. The molecule has 2 heterocycles. The number of aliphatic imine (C=N–C) groups is 1. The van der Waals surface area contributed by atoms with Gasteiger partial charge in [-0.3, -0.25) is 4.79 Å². The van der Waals surface area contributed by atoms with Crippen molar-refractivity contribution in [3.8, 4) is 0 Å². The smallest absolute Gasteiger partial charge is 0.229 e. The van der Waals surface area contributed by atoms with Crippen molar-refractivity contribution in [1.82, 2.24) is 25.4 Å². The van der Waals surface area contributed by atoms with Crippen LogP contribution in [0.2, 0.25) is 0 Å². The molecule has 4 rings (SSSR count). The number of benzene rings is 2. The number of anilines is 1. The summed E-state index contributed by atoms with van der Waals surface area (Å²) in [6.45, 7) is 3.54. The number of halogens is 1. The minimum absolute atomic E-state index is 0. The van der Waals surface area contributed by atoms with E-state index in [4.69, 9.17) is 4.99 Å². The van der Waals surface area contributed by atoms with Gasteiger partial charge in [0, 0.05) is 25.7 Å². The van der Waals surface area contributed by atoms with Crippen molar-refractivity contribution in [1.29, 1.82) is 0 Å². The Morgan fingerprint density at radius 1 is 1.09 bits per heavy atom. The molecule has 0 saturated carbocycles. The summed E-state index contributed by atoms with van der Waals surface area (Å²) in [6, 6.07) is 19.8. The van der Waals surface area contributed by atoms with Crippen molar-refractivity contribution >= 4 is 41.5 Å². The monoisotopic (exact) mass is 545 g/mol. The zero-order valence-corrected chi connectivity index (χ0v) is 20.6. The van der Waals surface area contributed by atoms with Gasteiger partial charge in [0.1, 0.15) is 5.82 Å². The number of carbonyl (C=O) groups is 1. The Kier molecular flexibility index (Phi) is 8.20. The van der Waals surface area contributed by atoms with Gasteiger partial charge in [-0.2, -0.15) is 0 Å². The molecule has 32 heavy (non-hydrogen) atoms. The lowest BCUT2D eigenvalue weighted by atomic mass is 10.2. The van der Waals surface area contributed by atoms with Crippen LogP contribution in [0.5, 0.6) is 0 Å². The molecule has 2 N–H and O–H groups in total. The van der Waals surface area contributed by atoms with Gasteiger partial charge >= 0.3 is 0 Å². The first-order valence-corrected chi connectivity index (χ1v) is 10.4. The van der Waals surface area contributed by atoms with Gasteiger partial charge in [-0.05, 0) is 24.6 Å². The minimum Gasteiger partial charge on any atom is -0.351 e. The fourth-order valence-electron chi connectivity index (χ4n) is 3.53. The Morgan fingerprint density at radius 2 is 1.78 bits per heavy atom. The molecule has 0 aliphatic carbocycles. The predicted octanol–water partition coefficient (Wildman–Crippen LogP) is 2.78. The van der Waals surface area contributed by atoms with Gasteiger partial charge in [0.15, 0.2) is 11.8 Å². The number of nitrogens with one attached hydrogen (secondary N) is 2. The number of carbonyl (C=O) groups excluding carboxylic acids is 1. The van der Waals surface area contributed by atoms with Gasteiger partial charge < -0.3 is 20.1 Å². The highest BCUT2D eigenvalue weighted by Crippen LogP contribution is 2.21. The fraction of sp³-hybridized carbons (Fsp3) is 0.304. The Bertz CT molecular complexity index is 1050. The third-order valence-corrected chi connectivity index (χ3v) is 5.39. The van der Waals surface area contributed by atoms with Crippen molar-refractivity contribution in [2.75, 3.05) is 11.4 Å². The first-order valence-electron chi connectivity index (χ1n) is 10.4. The maximum absolute atomic E-state index is 12.6. The number of para-hydroxylation sites is 1. The van der Waals surface area contributed by atoms with E-state index in [-0.39, 0.29) is 35.9 Å². The van der Waals surface area contributed by atoms with Crippen LogP contribution in [-0.4, -0.2) is 39.2 Å². The van der Waals surface area contributed by atoms with E-state index in [0.717, 1.165) is 22.9 Å². The summed E-state index contributed by atoms with van der Waals surface area (Å²) in [5.74, 6) is 2.43. The molecule has 3 aromatic rings. The summed E-state index contributed by atoms with van der Waals surface area (Å²) < 4.78 is 1.94. The molecule has 1 unspecified atom stereocenters. The molecule has 1 aliphatic heterocycles. The van der Waals surface area contributed by atoms with E-state index in [2.05, 4.69) is 20.8 Å². The third-order valence-electron chi connectivity index (χ3n) is 5.39. The first kappa shape index (κ1) is 23.7. The number of nitrogens with zero attached hydrogens (tertiary/aromatic N) is 5. The molecule has 0 spiro atoms. The maximum Gasteiger partial charge on any atom is 0.229 e. The number of hydrogen-bond acceptors (Lipinski definition) is 4. The molecule has 168 valence electrons. The standard InChI is InChI=1S/C23H27N7O.HI/c1-17-27-28-21(29(17)2)15-25-23(24-14-18-9-5-3-6-10-18)26-19-13-22(31)30(16-19)20-11-7-4-8-12-20;/h3-12,19H,13-16H2,1-2H3,(H2,24,25,26);1H. The van der Waals surface area contributed by atoms with Crippen molar-refractivity contribution in [3.63, 3.8) is 0 Å². The lowest BCUT2D eigenvalue weighted by Gasteiger charge is -2.19. The molecule has 0 radical (unpaired) electrons. The molecule has 2 aromatic carbocycles. The van der Waals surface area contributed by atoms with Crippen LogP contribution in [0.4, 0.5) is 5.69 Å². The van der Waals surface area contributed by atoms with Crippen molar-refractivity contribution in [2.45, 2.75) is 32.5 Å². The van der Waals surface area contributed by atoms with Crippen LogP contribution in [0.25, 0.3) is 0 Å². The van der Waals surface area contributed by atoms with Crippen LogP contribution in [0.1, 0.15) is 23.6 Å². The lowest BCUT2D eigenvalue weighted by Crippen LogP contribution is -2.44. The molecular formula is C23H28IN7O. The SMILES string of the molecule is Cc1nnc(CNC(=NCc2ccccc2)NC2CC(=O)N(c3ccccc3)C2)n1C.I. The van der Waals surface area contributed by atoms with Gasteiger partial charge in [-0.15, -0.1) is 34.2 Å². The highest BCUT2D eigenvalue weighted by molar-refractivity contribution is 14.0. The molecule has 1 amide bonds. The van der Waals surface area contributed by atoms with E-state index >= 15 is 0 Å². The molecule has 1 atom stereocenters. The second-order valence-corrected chi connectivity index (χ2v) is 7.61. The van der Waals surface area contributed by atoms with Gasteiger partial charge in [0.25, 0.3) is 0 Å². The van der Waals surface area contributed by atoms with Crippen molar-refractivity contribution in [3.05, 3.63) is 77.9 Å². The van der Waals surface area contributed by atoms with Crippen LogP contribution in [-0.2, 0) is 24.9 Å². The van der Waals surface area contributed by atoms with Crippen molar-refractivity contribution < 1.29 is 4.79 Å². The van der Waals surface area contributed by atoms with E-state index in [1.807, 2.05) is 84.1 Å². The number of guanidine groups is 1. The van der Waals surface area contributed by atoms with E-state index in [1.165, 1.54) is 0 Å². The summed E-state index contributed by atoms with van der Waals surface area (Å²) in [7, 11) is 1.94. The first-order chi connectivity index (χ1) is 15.1. The van der Waals surface area contributed by atoms with Gasteiger partial charge in [-0.1, -0.05) is 48.5 Å². The highest BCUT2D eigenvalue weighted by atomic mass is 127. The second-order valence-electron chi connectivity index (χ2n) is 7.61. The molecule has 1 fully saturated rings. The highest BCUT2D eigenvalue weighted by Gasteiger charge is 2.31. The molecule has 9 heteroatoms. The van der Waals surface area contributed by atoms with Crippen LogP contribution >= 0.6 is 24.0 Å². The molecule has 8 nitrogen and oxygen atoms in total. The number of aryl methyl sites for hydroxylation is 1. The Morgan fingerprint density at radius 3 is 2.44 bits per heavy atom. The normalized spacial score (nSPS) is 16.1. The molecular weight excluding hydrogens is 517 g/mol. The summed E-state index contributed by atoms with van der Waals surface area (Å²) in [6.07, 6.45) is 0.421. The largest absolute Gasteiger partial charge is 0.351 e. The average Bonchev–Trinajstić information content (AvgIpc) is 3.33. The van der Waals surface area contributed by atoms with E-state index < -0.39 is 0 Å². The van der Waals surface area contributed by atoms with Crippen molar-refractivity contribution in [2.24, 2.45) is 12.0 Å². The second kappa shape index (κ2) is 11.1. The fourth-order valence-corrected chi connectivity index (χ4v) is 3.53. The summed E-state index contributed by atoms with van der Waals surface area (Å²) >= 11 is 0. The van der Waals surface area contributed by atoms with E-state index in [9.17, 15) is 4.79 Å².